The van der Waals surface area contributed by atoms with Crippen LogP contribution in [0.3, 0.4) is 0 Å². The topological polar surface area (TPSA) is 0 Å². The van der Waals surface area contributed by atoms with Gasteiger partial charge in [-0.05, 0) is 6.42 Å². The molecule has 0 spiro atoms. The van der Waals surface area contributed by atoms with E-state index in [1.165, 1.54) is 83.5 Å². The largest absolute Gasteiger partial charge is 0.103 e. The summed E-state index contributed by atoms with van der Waals surface area (Å²) in [6, 6.07) is 0. The van der Waals surface area contributed by atoms with Crippen molar-refractivity contribution in [3.05, 3.63) is 13.8 Å². The maximum atomic E-state index is 3.88. The lowest BCUT2D eigenvalue weighted by Gasteiger charge is -2.02. The third kappa shape index (κ3) is 17.6. The Balaban J connectivity index is 2.92. The van der Waals surface area contributed by atoms with Crippen molar-refractivity contribution in [1.29, 1.82) is 0 Å². The molecule has 0 bridgehead atoms. The summed E-state index contributed by atoms with van der Waals surface area (Å²) in [4.78, 5) is 0. The molecule has 0 saturated heterocycles. The van der Waals surface area contributed by atoms with Crippen LogP contribution in [0.4, 0.5) is 0 Å². The molecule has 0 aliphatic heterocycles. The molecular weight excluding hydrogens is 228 g/mol. The van der Waals surface area contributed by atoms with Crippen molar-refractivity contribution in [3.8, 4) is 11.8 Å². The number of rotatable bonds is 14. The second kappa shape index (κ2) is 17.6. The van der Waals surface area contributed by atoms with Crippen LogP contribution in [-0.2, 0) is 0 Å². The Morgan fingerprint density at radius 2 is 0.895 bits per heavy atom. The molecule has 0 fully saturated rings. The zero-order valence-electron chi connectivity index (χ0n) is 13.0. The Morgan fingerprint density at radius 1 is 0.526 bits per heavy atom. The van der Waals surface area contributed by atoms with Gasteiger partial charge in [-0.25, -0.2) is 0 Å². The van der Waals surface area contributed by atoms with Crippen molar-refractivity contribution in [1.82, 2.24) is 0 Å². The highest BCUT2D eigenvalue weighted by Crippen LogP contribution is 2.13. The van der Waals surface area contributed by atoms with Crippen LogP contribution >= 0.6 is 0 Å². The third-order valence-electron chi connectivity index (χ3n) is 3.68. The zero-order chi connectivity index (χ0) is 14.0. The van der Waals surface area contributed by atoms with Gasteiger partial charge >= 0.3 is 0 Å². The molecular formula is C19H34. The van der Waals surface area contributed by atoms with Crippen LogP contribution in [0.25, 0.3) is 0 Å². The van der Waals surface area contributed by atoms with Gasteiger partial charge in [-0.3, -0.25) is 0 Å². The van der Waals surface area contributed by atoms with Gasteiger partial charge in [-0.15, -0.1) is 11.8 Å². The monoisotopic (exact) mass is 262 g/mol. The molecule has 0 rings (SSSR count). The molecule has 0 amide bonds. The summed E-state index contributed by atoms with van der Waals surface area (Å²) in [6.45, 7) is 7.41. The quantitative estimate of drug-likeness (QED) is 0.247. The van der Waals surface area contributed by atoms with E-state index in [1.807, 2.05) is 0 Å². The molecule has 0 aromatic rings. The number of hydrogen-bond acceptors (Lipinski definition) is 0. The predicted octanol–water partition coefficient (Wildman–Crippen LogP) is 6.51. The Kier molecular flexibility index (Phi) is 17.2. The maximum Gasteiger partial charge on any atom is 0.0198 e. The molecule has 19 heavy (non-hydrogen) atoms. The SMILES string of the molecule is [CH2]C#CCCCCCCCCCCCCCCC[CH2]. The lowest BCUT2D eigenvalue weighted by Crippen LogP contribution is -1.83. The highest BCUT2D eigenvalue weighted by molar-refractivity contribution is 5.00. The average molecular weight is 262 g/mol. The standard InChI is InChI=1S/C19H34/c1-3-5-7-9-11-13-15-17-19-18-16-14-12-10-8-6-4-2/h1-3,5,7-19H2. The summed E-state index contributed by atoms with van der Waals surface area (Å²) >= 11 is 0. The van der Waals surface area contributed by atoms with Crippen molar-refractivity contribution in [2.45, 2.75) is 96.3 Å². The molecule has 0 saturated carbocycles. The number of hydrogen-bond donors (Lipinski definition) is 0. The zero-order valence-corrected chi connectivity index (χ0v) is 13.0. The molecule has 0 aromatic carbocycles. The Labute approximate surface area is 122 Å². The van der Waals surface area contributed by atoms with E-state index in [0.29, 0.717) is 0 Å². The summed E-state index contributed by atoms with van der Waals surface area (Å²) in [5.74, 6) is 5.74. The molecule has 0 heteroatoms. The van der Waals surface area contributed by atoms with Crippen LogP contribution < -0.4 is 0 Å². The maximum absolute atomic E-state index is 3.88. The van der Waals surface area contributed by atoms with Gasteiger partial charge in [-0.1, -0.05) is 90.4 Å². The summed E-state index contributed by atoms with van der Waals surface area (Å²) in [5, 5.41) is 0. The molecule has 0 N–H and O–H groups in total. The van der Waals surface area contributed by atoms with Gasteiger partial charge in [0.2, 0.25) is 0 Å². The molecule has 0 unspecified atom stereocenters. The van der Waals surface area contributed by atoms with E-state index in [-0.39, 0.29) is 0 Å². The van der Waals surface area contributed by atoms with Crippen LogP contribution in [0.1, 0.15) is 96.3 Å². The Bertz CT molecular complexity index is 206. The van der Waals surface area contributed by atoms with Crippen molar-refractivity contribution >= 4 is 0 Å². The summed E-state index contributed by atoms with van der Waals surface area (Å²) in [5.41, 5.74) is 0. The van der Waals surface area contributed by atoms with E-state index in [1.54, 1.807) is 0 Å². The van der Waals surface area contributed by atoms with Gasteiger partial charge in [0, 0.05) is 13.3 Å². The molecule has 0 atom stereocenters. The molecule has 0 heterocycles. The van der Waals surface area contributed by atoms with Gasteiger partial charge in [0.15, 0.2) is 0 Å². The van der Waals surface area contributed by atoms with E-state index in [4.69, 9.17) is 0 Å². The van der Waals surface area contributed by atoms with Crippen LogP contribution in [0, 0.1) is 25.7 Å². The first-order valence-electron chi connectivity index (χ1n) is 8.46. The van der Waals surface area contributed by atoms with Crippen LogP contribution in [0.5, 0.6) is 0 Å². The lowest BCUT2D eigenvalue weighted by molar-refractivity contribution is 0.538. The minimum absolute atomic E-state index is 1.04. The first-order valence-corrected chi connectivity index (χ1v) is 8.46. The minimum Gasteiger partial charge on any atom is -0.103 e. The fraction of sp³-hybridized carbons (Fsp3) is 0.789. The van der Waals surface area contributed by atoms with Gasteiger partial charge in [0.1, 0.15) is 0 Å². The van der Waals surface area contributed by atoms with E-state index >= 15 is 0 Å². The smallest absolute Gasteiger partial charge is 0.0198 e. The molecule has 110 valence electrons. The second-order valence-corrected chi connectivity index (χ2v) is 5.55. The van der Waals surface area contributed by atoms with Crippen molar-refractivity contribution in [2.24, 2.45) is 0 Å². The van der Waals surface area contributed by atoms with E-state index in [9.17, 15) is 0 Å². The van der Waals surface area contributed by atoms with E-state index < -0.39 is 0 Å². The number of unbranched alkanes of at least 4 members (excludes halogenated alkanes) is 14. The van der Waals surface area contributed by atoms with Gasteiger partial charge in [0.05, 0.1) is 0 Å². The molecule has 0 aromatic heterocycles. The van der Waals surface area contributed by atoms with Crippen LogP contribution in [0.2, 0.25) is 0 Å². The summed E-state index contributed by atoms with van der Waals surface area (Å²) < 4.78 is 0. The highest BCUT2D eigenvalue weighted by atomic mass is 14.0. The van der Waals surface area contributed by atoms with Gasteiger partial charge < -0.3 is 0 Å². The van der Waals surface area contributed by atoms with Crippen molar-refractivity contribution < 1.29 is 0 Å². The molecule has 0 nitrogen and oxygen atoms in total. The first-order chi connectivity index (χ1) is 9.41. The molecule has 0 aliphatic rings. The second-order valence-electron chi connectivity index (χ2n) is 5.55. The Hall–Kier alpha value is -0.440. The van der Waals surface area contributed by atoms with Crippen LogP contribution in [-0.4, -0.2) is 0 Å². The Morgan fingerprint density at radius 3 is 1.26 bits per heavy atom. The summed E-state index contributed by atoms with van der Waals surface area (Å²) in [7, 11) is 0. The average Bonchev–Trinajstić information content (AvgIpc) is 2.43. The minimum atomic E-state index is 1.04. The fourth-order valence-electron chi connectivity index (χ4n) is 2.42. The molecule has 2 radical (unpaired) electrons. The first kappa shape index (κ1) is 18.6. The van der Waals surface area contributed by atoms with Gasteiger partial charge in [-0.2, -0.15) is 0 Å². The van der Waals surface area contributed by atoms with Crippen molar-refractivity contribution in [3.63, 3.8) is 0 Å². The normalized spacial score (nSPS) is 10.2. The van der Waals surface area contributed by atoms with E-state index in [0.717, 1.165) is 12.8 Å². The summed E-state index contributed by atoms with van der Waals surface area (Å²) in [6.07, 6.45) is 20.4. The third-order valence-corrected chi connectivity index (χ3v) is 3.68. The van der Waals surface area contributed by atoms with E-state index in [2.05, 4.69) is 25.7 Å². The van der Waals surface area contributed by atoms with Crippen LogP contribution in [0.15, 0.2) is 0 Å². The van der Waals surface area contributed by atoms with Gasteiger partial charge in [0.25, 0.3) is 0 Å². The lowest BCUT2D eigenvalue weighted by atomic mass is 10.0. The fourth-order valence-corrected chi connectivity index (χ4v) is 2.42. The highest BCUT2D eigenvalue weighted by Gasteiger charge is 1.93. The predicted molar refractivity (Wildman–Crippen MR) is 87.7 cm³/mol. The molecule has 0 aliphatic carbocycles. The van der Waals surface area contributed by atoms with Crippen molar-refractivity contribution in [2.75, 3.05) is 0 Å².